The number of halogens is 1. The molecule has 1 unspecified atom stereocenters. The van der Waals surface area contributed by atoms with Gasteiger partial charge in [0.2, 0.25) is 0 Å². The van der Waals surface area contributed by atoms with Gasteiger partial charge in [-0.05, 0) is 28.1 Å². The Morgan fingerprint density at radius 2 is 2.25 bits per heavy atom. The van der Waals surface area contributed by atoms with Crippen LogP contribution in [0.1, 0.15) is 10.6 Å². The lowest BCUT2D eigenvalue weighted by Gasteiger charge is -2.12. The van der Waals surface area contributed by atoms with Gasteiger partial charge >= 0.3 is 0 Å². The SMILES string of the molecule is C[NH+](Cc1cc(=O)n2ccsc2n1)Cc1ccc(Br)s1. The van der Waals surface area contributed by atoms with Crippen LogP contribution >= 0.6 is 38.6 Å². The Hall–Kier alpha value is -1.02. The van der Waals surface area contributed by atoms with E-state index in [1.807, 2.05) is 5.38 Å². The van der Waals surface area contributed by atoms with Crippen molar-refractivity contribution >= 4 is 43.6 Å². The zero-order valence-corrected chi connectivity index (χ0v) is 14.0. The number of rotatable bonds is 4. The van der Waals surface area contributed by atoms with Crippen LogP contribution in [0.2, 0.25) is 0 Å². The third kappa shape index (κ3) is 3.01. The molecule has 1 N–H and O–H groups in total. The summed E-state index contributed by atoms with van der Waals surface area (Å²) in [5, 5.41) is 1.88. The number of thiazole rings is 1. The highest BCUT2D eigenvalue weighted by Crippen LogP contribution is 2.21. The van der Waals surface area contributed by atoms with E-state index in [2.05, 4.69) is 40.1 Å². The Bertz CT molecular complexity index is 792. The minimum Gasteiger partial charge on any atom is -0.328 e. The molecule has 0 saturated carbocycles. The Balaban J connectivity index is 1.76. The van der Waals surface area contributed by atoms with Crippen LogP contribution in [0.5, 0.6) is 0 Å². The fourth-order valence-electron chi connectivity index (χ4n) is 2.09. The highest BCUT2D eigenvalue weighted by molar-refractivity contribution is 9.11. The minimum atomic E-state index is -0.00193. The summed E-state index contributed by atoms with van der Waals surface area (Å²) in [5.74, 6) is 0. The summed E-state index contributed by atoms with van der Waals surface area (Å²) in [4.78, 5) is 19.9. The molecule has 0 aliphatic heterocycles. The molecule has 4 nitrogen and oxygen atoms in total. The molecule has 0 spiro atoms. The summed E-state index contributed by atoms with van der Waals surface area (Å²) in [6, 6.07) is 5.83. The monoisotopic (exact) mass is 370 g/mol. The fourth-order valence-corrected chi connectivity index (χ4v) is 4.43. The van der Waals surface area contributed by atoms with Crippen molar-refractivity contribution in [1.29, 1.82) is 0 Å². The number of nitrogens with zero attached hydrogens (tertiary/aromatic N) is 2. The molecule has 3 aromatic heterocycles. The van der Waals surface area contributed by atoms with E-state index in [9.17, 15) is 4.79 Å². The Morgan fingerprint density at radius 1 is 1.40 bits per heavy atom. The minimum absolute atomic E-state index is 0.00193. The predicted octanol–water partition coefficient (Wildman–Crippen LogP) is 1.79. The van der Waals surface area contributed by atoms with Gasteiger partial charge in [0.05, 0.1) is 15.7 Å². The van der Waals surface area contributed by atoms with Crippen LogP contribution in [-0.2, 0) is 13.1 Å². The normalized spacial score (nSPS) is 12.9. The molecule has 3 aromatic rings. The maximum atomic E-state index is 11.9. The molecular weight excluding hydrogens is 358 g/mol. The second kappa shape index (κ2) is 5.77. The lowest BCUT2D eigenvalue weighted by atomic mass is 10.3. The van der Waals surface area contributed by atoms with E-state index in [0.29, 0.717) is 0 Å². The first kappa shape index (κ1) is 13.9. The smallest absolute Gasteiger partial charge is 0.258 e. The van der Waals surface area contributed by atoms with Crippen LogP contribution in [-0.4, -0.2) is 16.4 Å². The molecule has 0 bridgehead atoms. The highest BCUT2D eigenvalue weighted by Gasteiger charge is 2.10. The number of aromatic nitrogens is 2. The van der Waals surface area contributed by atoms with E-state index in [0.717, 1.165) is 27.5 Å². The average molecular weight is 371 g/mol. The van der Waals surface area contributed by atoms with Gasteiger partial charge in [-0.25, -0.2) is 4.98 Å². The molecule has 7 heteroatoms. The summed E-state index contributed by atoms with van der Waals surface area (Å²) >= 11 is 6.71. The van der Waals surface area contributed by atoms with E-state index >= 15 is 0 Å². The molecular formula is C13H13BrN3OS2+. The van der Waals surface area contributed by atoms with E-state index in [4.69, 9.17) is 0 Å². The fraction of sp³-hybridized carbons (Fsp3) is 0.231. The van der Waals surface area contributed by atoms with Crippen molar-refractivity contribution in [3.05, 3.63) is 54.5 Å². The van der Waals surface area contributed by atoms with Gasteiger partial charge in [0.1, 0.15) is 18.8 Å². The number of nitrogens with one attached hydrogen (secondary N) is 1. The first-order valence-corrected chi connectivity index (χ1v) is 8.62. The molecule has 3 heterocycles. The van der Waals surface area contributed by atoms with Crippen LogP contribution < -0.4 is 10.5 Å². The Labute approximate surface area is 132 Å². The summed E-state index contributed by atoms with van der Waals surface area (Å²) in [6.07, 6.45) is 1.76. The van der Waals surface area contributed by atoms with Crippen LogP contribution in [0.15, 0.2) is 38.4 Å². The number of quaternary nitrogens is 1. The van der Waals surface area contributed by atoms with Gasteiger partial charge < -0.3 is 4.90 Å². The number of hydrogen-bond acceptors (Lipinski definition) is 4. The van der Waals surface area contributed by atoms with Gasteiger partial charge in [-0.15, -0.1) is 22.7 Å². The summed E-state index contributed by atoms with van der Waals surface area (Å²) in [6.45, 7) is 1.68. The number of hydrogen-bond donors (Lipinski definition) is 1. The van der Waals surface area contributed by atoms with E-state index in [1.165, 1.54) is 21.1 Å². The number of thiophene rings is 1. The molecule has 0 aliphatic rings. The lowest BCUT2D eigenvalue weighted by Crippen LogP contribution is -3.06. The van der Waals surface area contributed by atoms with Crippen molar-refractivity contribution in [2.75, 3.05) is 7.05 Å². The van der Waals surface area contributed by atoms with Crippen molar-refractivity contribution in [1.82, 2.24) is 9.38 Å². The molecule has 0 amide bonds. The van der Waals surface area contributed by atoms with Crippen LogP contribution in [0.25, 0.3) is 4.96 Å². The van der Waals surface area contributed by atoms with Gasteiger partial charge in [0, 0.05) is 17.6 Å². The molecule has 0 aromatic carbocycles. The second-order valence-electron chi connectivity index (χ2n) is 4.66. The van der Waals surface area contributed by atoms with Gasteiger partial charge in [0.25, 0.3) is 5.56 Å². The predicted molar refractivity (Wildman–Crippen MR) is 85.7 cm³/mol. The maximum Gasteiger partial charge on any atom is 0.258 e. The topological polar surface area (TPSA) is 38.8 Å². The lowest BCUT2D eigenvalue weighted by molar-refractivity contribution is -0.907. The quantitative estimate of drug-likeness (QED) is 0.760. The second-order valence-corrected chi connectivity index (χ2v) is 8.08. The van der Waals surface area contributed by atoms with Crippen LogP contribution in [0.4, 0.5) is 0 Å². The van der Waals surface area contributed by atoms with E-state index in [1.54, 1.807) is 28.0 Å². The van der Waals surface area contributed by atoms with Crippen molar-refractivity contribution in [3.8, 4) is 0 Å². The van der Waals surface area contributed by atoms with Crippen LogP contribution in [0, 0.1) is 0 Å². The molecule has 20 heavy (non-hydrogen) atoms. The van der Waals surface area contributed by atoms with Gasteiger partial charge in [-0.3, -0.25) is 9.20 Å². The Kier molecular flexibility index (Phi) is 4.02. The van der Waals surface area contributed by atoms with Gasteiger partial charge in [0.15, 0.2) is 4.96 Å². The average Bonchev–Trinajstić information content (AvgIpc) is 2.98. The van der Waals surface area contributed by atoms with Crippen LogP contribution in [0.3, 0.4) is 0 Å². The van der Waals surface area contributed by atoms with Crippen molar-refractivity contribution in [3.63, 3.8) is 0 Å². The molecule has 1 atom stereocenters. The zero-order valence-electron chi connectivity index (χ0n) is 10.8. The molecule has 0 aliphatic carbocycles. The molecule has 104 valence electrons. The molecule has 3 rings (SSSR count). The first-order valence-electron chi connectivity index (χ1n) is 6.13. The third-order valence-electron chi connectivity index (χ3n) is 2.94. The largest absolute Gasteiger partial charge is 0.328 e. The van der Waals surface area contributed by atoms with Gasteiger partial charge in [-0.1, -0.05) is 0 Å². The van der Waals surface area contributed by atoms with Crippen molar-refractivity contribution < 1.29 is 4.90 Å². The number of fused-ring (bicyclic) bond motifs is 1. The first-order chi connectivity index (χ1) is 9.61. The maximum absolute atomic E-state index is 11.9. The third-order valence-corrected chi connectivity index (χ3v) is 5.32. The molecule has 0 saturated heterocycles. The van der Waals surface area contributed by atoms with E-state index in [-0.39, 0.29) is 5.56 Å². The standard InChI is InChI=1S/C13H12BrN3OS2/c1-16(8-10-2-3-11(14)20-10)7-9-6-12(18)17-4-5-19-13(17)15-9/h2-6H,7-8H2,1H3/p+1. The summed E-state index contributed by atoms with van der Waals surface area (Å²) in [5.41, 5.74) is 0.850. The summed E-state index contributed by atoms with van der Waals surface area (Å²) < 4.78 is 2.73. The van der Waals surface area contributed by atoms with Crippen molar-refractivity contribution in [2.45, 2.75) is 13.1 Å². The highest BCUT2D eigenvalue weighted by atomic mass is 79.9. The summed E-state index contributed by atoms with van der Waals surface area (Å²) in [7, 11) is 2.12. The molecule has 0 radical (unpaired) electrons. The van der Waals surface area contributed by atoms with E-state index < -0.39 is 0 Å². The van der Waals surface area contributed by atoms with Gasteiger partial charge in [-0.2, -0.15) is 0 Å². The Morgan fingerprint density at radius 3 is 3.00 bits per heavy atom. The zero-order chi connectivity index (χ0) is 14.1. The van der Waals surface area contributed by atoms with Crippen molar-refractivity contribution in [2.24, 2.45) is 0 Å². The molecule has 0 fully saturated rings.